The van der Waals surface area contributed by atoms with Crippen molar-refractivity contribution in [2.24, 2.45) is 0 Å². The van der Waals surface area contributed by atoms with Gasteiger partial charge in [-0.2, -0.15) is 0 Å². The van der Waals surface area contributed by atoms with Crippen LogP contribution in [0.4, 0.5) is 0 Å². The molecule has 0 radical (unpaired) electrons. The number of aliphatic hydroxyl groups excluding tert-OH is 1. The second-order valence-electron chi connectivity index (χ2n) is 4.41. The van der Waals surface area contributed by atoms with Crippen LogP contribution in [0.2, 0.25) is 0 Å². The van der Waals surface area contributed by atoms with Gasteiger partial charge in [0.2, 0.25) is 0 Å². The van der Waals surface area contributed by atoms with E-state index in [4.69, 9.17) is 5.11 Å². The molecule has 0 heterocycles. The van der Waals surface area contributed by atoms with Crippen LogP contribution in [0.15, 0.2) is 36.9 Å². The number of aryl methyl sites for hydroxylation is 2. The Morgan fingerprint density at radius 2 is 2.18 bits per heavy atom. The van der Waals surface area contributed by atoms with Crippen molar-refractivity contribution in [3.8, 4) is 0 Å². The lowest BCUT2D eigenvalue weighted by Gasteiger charge is -2.19. The maximum atomic E-state index is 8.94. The average molecular weight is 233 g/mol. The van der Waals surface area contributed by atoms with Gasteiger partial charge in [0.15, 0.2) is 0 Å². The first-order chi connectivity index (χ1) is 8.26. The number of hydrogen-bond acceptors (Lipinski definition) is 2. The Morgan fingerprint density at radius 1 is 1.35 bits per heavy atom. The number of nitrogens with zero attached hydrogens (tertiary/aromatic N) is 1. The van der Waals surface area contributed by atoms with Crippen LogP contribution in [-0.4, -0.2) is 36.2 Å². The molecule has 0 saturated heterocycles. The zero-order valence-electron chi connectivity index (χ0n) is 10.7. The predicted octanol–water partition coefficient (Wildman–Crippen LogP) is 2.41. The fraction of sp³-hybridized carbons (Fsp3) is 0.467. The SMILES string of the molecule is C=CCN(CCO)CCCc1cccc(C)c1. The molecule has 1 N–H and O–H groups in total. The minimum absolute atomic E-state index is 0.221. The van der Waals surface area contributed by atoms with E-state index < -0.39 is 0 Å². The smallest absolute Gasteiger partial charge is 0.0558 e. The average Bonchev–Trinajstić information content (AvgIpc) is 2.30. The summed E-state index contributed by atoms with van der Waals surface area (Å²) in [4.78, 5) is 2.22. The zero-order valence-corrected chi connectivity index (χ0v) is 10.7. The summed E-state index contributed by atoms with van der Waals surface area (Å²) < 4.78 is 0. The fourth-order valence-electron chi connectivity index (χ4n) is 1.99. The third-order valence-corrected chi connectivity index (χ3v) is 2.83. The van der Waals surface area contributed by atoms with Crippen molar-refractivity contribution in [3.05, 3.63) is 48.0 Å². The Hall–Kier alpha value is -1.12. The number of benzene rings is 1. The standard InChI is InChI=1S/C15H23NO/c1-3-9-16(11-12-17)10-5-8-15-7-4-6-14(2)13-15/h3-4,6-7,13,17H,1,5,8-12H2,2H3. The molecule has 1 rings (SSSR count). The van der Waals surface area contributed by atoms with Crippen molar-refractivity contribution < 1.29 is 5.11 Å². The van der Waals surface area contributed by atoms with Gasteiger partial charge in [0.05, 0.1) is 6.61 Å². The van der Waals surface area contributed by atoms with Crippen LogP contribution in [0.3, 0.4) is 0 Å². The summed E-state index contributed by atoms with van der Waals surface area (Å²) in [5.41, 5.74) is 2.72. The van der Waals surface area contributed by atoms with E-state index in [9.17, 15) is 0 Å². The number of aliphatic hydroxyl groups is 1. The lowest BCUT2D eigenvalue weighted by atomic mass is 10.1. The van der Waals surface area contributed by atoms with E-state index in [0.29, 0.717) is 0 Å². The van der Waals surface area contributed by atoms with Gasteiger partial charge in [-0.3, -0.25) is 4.90 Å². The minimum Gasteiger partial charge on any atom is -0.395 e. The van der Waals surface area contributed by atoms with Crippen LogP contribution in [0.5, 0.6) is 0 Å². The summed E-state index contributed by atoms with van der Waals surface area (Å²) in [6, 6.07) is 8.65. The van der Waals surface area contributed by atoms with Crippen LogP contribution < -0.4 is 0 Å². The van der Waals surface area contributed by atoms with Gasteiger partial charge < -0.3 is 5.11 Å². The molecular weight excluding hydrogens is 210 g/mol. The van der Waals surface area contributed by atoms with Crippen LogP contribution in [0.1, 0.15) is 17.5 Å². The van der Waals surface area contributed by atoms with Gasteiger partial charge in [0.25, 0.3) is 0 Å². The molecule has 0 unspecified atom stereocenters. The Bertz CT molecular complexity index is 335. The molecule has 0 bridgehead atoms. The van der Waals surface area contributed by atoms with Crippen LogP contribution in [0, 0.1) is 6.92 Å². The van der Waals surface area contributed by atoms with Crippen molar-refractivity contribution in [2.45, 2.75) is 19.8 Å². The lowest BCUT2D eigenvalue weighted by Crippen LogP contribution is -2.28. The van der Waals surface area contributed by atoms with E-state index >= 15 is 0 Å². The van der Waals surface area contributed by atoms with Crippen molar-refractivity contribution in [3.63, 3.8) is 0 Å². The molecule has 0 saturated carbocycles. The molecule has 2 heteroatoms. The first-order valence-corrected chi connectivity index (χ1v) is 6.26. The van der Waals surface area contributed by atoms with E-state index in [1.807, 2.05) is 6.08 Å². The topological polar surface area (TPSA) is 23.5 Å². The van der Waals surface area contributed by atoms with Gasteiger partial charge in [-0.05, 0) is 31.9 Å². The normalized spacial score (nSPS) is 10.8. The molecule has 94 valence electrons. The van der Waals surface area contributed by atoms with Crippen molar-refractivity contribution in [1.29, 1.82) is 0 Å². The highest BCUT2D eigenvalue weighted by Gasteiger charge is 2.02. The van der Waals surface area contributed by atoms with E-state index in [0.717, 1.165) is 32.5 Å². The molecule has 17 heavy (non-hydrogen) atoms. The second kappa shape index (κ2) is 8.04. The lowest BCUT2D eigenvalue weighted by molar-refractivity contribution is 0.207. The van der Waals surface area contributed by atoms with Crippen LogP contribution in [0.25, 0.3) is 0 Å². The summed E-state index contributed by atoms with van der Waals surface area (Å²) in [7, 11) is 0. The highest BCUT2D eigenvalue weighted by Crippen LogP contribution is 2.07. The van der Waals surface area contributed by atoms with Gasteiger partial charge in [0.1, 0.15) is 0 Å². The summed E-state index contributed by atoms with van der Waals surface area (Å²) in [6.45, 7) is 8.69. The molecule has 0 fully saturated rings. The Kier molecular flexibility index (Phi) is 6.60. The van der Waals surface area contributed by atoms with E-state index in [1.54, 1.807) is 0 Å². The molecule has 1 aromatic rings. The molecule has 0 atom stereocenters. The zero-order chi connectivity index (χ0) is 12.5. The molecular formula is C15H23NO. The van der Waals surface area contributed by atoms with Crippen molar-refractivity contribution in [1.82, 2.24) is 4.90 Å². The number of rotatable bonds is 8. The quantitative estimate of drug-likeness (QED) is 0.697. The van der Waals surface area contributed by atoms with Crippen LogP contribution in [-0.2, 0) is 6.42 Å². The first kappa shape index (κ1) is 13.9. The fourth-order valence-corrected chi connectivity index (χ4v) is 1.99. The largest absolute Gasteiger partial charge is 0.395 e. The second-order valence-corrected chi connectivity index (χ2v) is 4.41. The Balaban J connectivity index is 2.32. The van der Waals surface area contributed by atoms with Gasteiger partial charge in [0, 0.05) is 13.1 Å². The summed E-state index contributed by atoms with van der Waals surface area (Å²) in [5.74, 6) is 0. The molecule has 0 aliphatic heterocycles. The maximum absolute atomic E-state index is 8.94. The van der Waals surface area contributed by atoms with Crippen molar-refractivity contribution >= 4 is 0 Å². The van der Waals surface area contributed by atoms with E-state index in [2.05, 4.69) is 42.7 Å². The maximum Gasteiger partial charge on any atom is 0.0558 e. The molecule has 0 aromatic heterocycles. The third-order valence-electron chi connectivity index (χ3n) is 2.83. The molecule has 0 spiro atoms. The Morgan fingerprint density at radius 3 is 2.82 bits per heavy atom. The van der Waals surface area contributed by atoms with E-state index in [1.165, 1.54) is 11.1 Å². The first-order valence-electron chi connectivity index (χ1n) is 6.26. The molecule has 1 aromatic carbocycles. The third kappa shape index (κ3) is 5.66. The predicted molar refractivity (Wildman–Crippen MR) is 73.2 cm³/mol. The van der Waals surface area contributed by atoms with Crippen molar-refractivity contribution in [2.75, 3.05) is 26.2 Å². The van der Waals surface area contributed by atoms with Gasteiger partial charge in [-0.15, -0.1) is 6.58 Å². The highest BCUT2D eigenvalue weighted by molar-refractivity contribution is 5.22. The molecule has 0 amide bonds. The van der Waals surface area contributed by atoms with Gasteiger partial charge >= 0.3 is 0 Å². The summed E-state index contributed by atoms with van der Waals surface area (Å²) in [6.07, 6.45) is 4.11. The molecule has 2 nitrogen and oxygen atoms in total. The minimum atomic E-state index is 0.221. The molecule has 0 aliphatic rings. The summed E-state index contributed by atoms with van der Waals surface area (Å²) in [5, 5.41) is 8.94. The monoisotopic (exact) mass is 233 g/mol. The molecule has 0 aliphatic carbocycles. The van der Waals surface area contributed by atoms with Gasteiger partial charge in [-0.25, -0.2) is 0 Å². The van der Waals surface area contributed by atoms with Gasteiger partial charge in [-0.1, -0.05) is 35.9 Å². The Labute approximate surface area is 105 Å². The van der Waals surface area contributed by atoms with Crippen LogP contribution >= 0.6 is 0 Å². The summed E-state index contributed by atoms with van der Waals surface area (Å²) >= 11 is 0. The van der Waals surface area contributed by atoms with E-state index in [-0.39, 0.29) is 6.61 Å². The number of hydrogen-bond donors (Lipinski definition) is 1. The highest BCUT2D eigenvalue weighted by atomic mass is 16.3.